The fourth-order valence-corrected chi connectivity index (χ4v) is 4.77. The fraction of sp³-hybridized carbons (Fsp3) is 0.500. The number of hydrogen-bond acceptors (Lipinski definition) is 7. The van der Waals surface area contributed by atoms with Crippen LogP contribution in [-0.2, 0) is 13.0 Å². The van der Waals surface area contributed by atoms with Crippen molar-refractivity contribution in [2.45, 2.75) is 37.9 Å². The maximum atomic E-state index is 9.53. The molecular weight excluding hydrogens is 378 g/mol. The Labute approximate surface area is 176 Å². The van der Waals surface area contributed by atoms with Crippen LogP contribution in [-0.4, -0.2) is 68.7 Å². The number of aryl methyl sites for hydroxylation is 1. The summed E-state index contributed by atoms with van der Waals surface area (Å²) in [5.74, 6) is 0.888. The number of anilines is 1. The van der Waals surface area contributed by atoms with Gasteiger partial charge < -0.3 is 15.3 Å². The second-order valence-corrected chi connectivity index (χ2v) is 8.36. The standard InChI is InChI=1S/C22H29N7O/c1-27(19-6-2-4-16-5-3-8-24-21(16)19)12-17-14-29-20(26-17)7-9-25-22(29)28-11-10-23-18(13-28)15-30/h3,5,7-9,14,18-19,23,30H,2,4,6,10-13,15H2,1H3/t18-,19+/m1/s1. The van der Waals surface area contributed by atoms with E-state index in [0.29, 0.717) is 6.04 Å². The highest BCUT2D eigenvalue weighted by molar-refractivity contribution is 5.48. The van der Waals surface area contributed by atoms with E-state index in [4.69, 9.17) is 4.98 Å². The third kappa shape index (κ3) is 3.66. The van der Waals surface area contributed by atoms with E-state index in [1.165, 1.54) is 17.7 Å². The first-order valence-electron chi connectivity index (χ1n) is 10.8. The lowest BCUT2D eigenvalue weighted by atomic mass is 9.91. The molecule has 4 heterocycles. The van der Waals surface area contributed by atoms with Crippen molar-refractivity contribution in [3.8, 4) is 0 Å². The lowest BCUT2D eigenvalue weighted by Gasteiger charge is -2.33. The van der Waals surface area contributed by atoms with Gasteiger partial charge in [-0.05, 0) is 44.0 Å². The third-order valence-corrected chi connectivity index (χ3v) is 6.28. The number of aliphatic hydroxyl groups excluding tert-OH is 1. The van der Waals surface area contributed by atoms with Crippen LogP contribution in [0.4, 0.5) is 5.95 Å². The highest BCUT2D eigenvalue weighted by atomic mass is 16.3. The summed E-state index contributed by atoms with van der Waals surface area (Å²) in [4.78, 5) is 18.8. The minimum Gasteiger partial charge on any atom is -0.395 e. The predicted molar refractivity (Wildman–Crippen MR) is 115 cm³/mol. The zero-order chi connectivity index (χ0) is 20.5. The van der Waals surface area contributed by atoms with Crippen LogP contribution in [0.3, 0.4) is 0 Å². The van der Waals surface area contributed by atoms with E-state index in [1.807, 2.05) is 24.5 Å². The molecule has 2 N–H and O–H groups in total. The Hall–Kier alpha value is -2.55. The zero-order valence-electron chi connectivity index (χ0n) is 17.4. The first kappa shape index (κ1) is 19.4. The second kappa shape index (κ2) is 8.29. The average molecular weight is 408 g/mol. The van der Waals surface area contributed by atoms with Gasteiger partial charge in [0.2, 0.25) is 5.95 Å². The Morgan fingerprint density at radius 1 is 1.27 bits per heavy atom. The molecule has 5 rings (SSSR count). The maximum Gasteiger partial charge on any atom is 0.211 e. The third-order valence-electron chi connectivity index (χ3n) is 6.28. The highest BCUT2D eigenvalue weighted by Crippen LogP contribution is 2.32. The second-order valence-electron chi connectivity index (χ2n) is 8.36. The molecule has 2 aliphatic rings. The molecule has 0 saturated carbocycles. The van der Waals surface area contributed by atoms with Gasteiger partial charge in [0.15, 0.2) is 0 Å². The number of piperazine rings is 1. The fourth-order valence-electron chi connectivity index (χ4n) is 4.77. The van der Waals surface area contributed by atoms with E-state index in [1.54, 1.807) is 0 Å². The average Bonchev–Trinajstić information content (AvgIpc) is 3.21. The molecule has 0 bridgehead atoms. The lowest BCUT2D eigenvalue weighted by Crippen LogP contribution is -2.53. The van der Waals surface area contributed by atoms with Crippen molar-refractivity contribution < 1.29 is 5.11 Å². The number of aromatic nitrogens is 4. The Bertz CT molecular complexity index is 1020. The van der Waals surface area contributed by atoms with E-state index in [2.05, 4.69) is 48.8 Å². The van der Waals surface area contributed by atoms with Crippen LogP contribution in [0, 0.1) is 0 Å². The summed E-state index contributed by atoms with van der Waals surface area (Å²) >= 11 is 0. The molecule has 0 unspecified atom stereocenters. The van der Waals surface area contributed by atoms with Crippen LogP contribution in [0.15, 0.2) is 36.8 Å². The SMILES string of the molecule is CN(Cc1cn2c(N3CCN[C@@H](CO)C3)nccc2n1)[C@H]1CCCc2cccnc21. The summed E-state index contributed by atoms with van der Waals surface area (Å²) in [6, 6.07) is 6.60. The van der Waals surface area contributed by atoms with Gasteiger partial charge in [-0.1, -0.05) is 6.07 Å². The summed E-state index contributed by atoms with van der Waals surface area (Å²) in [6.07, 6.45) is 9.28. The van der Waals surface area contributed by atoms with E-state index in [9.17, 15) is 5.11 Å². The molecule has 30 heavy (non-hydrogen) atoms. The number of hydrogen-bond donors (Lipinski definition) is 2. The van der Waals surface area contributed by atoms with Gasteiger partial charge >= 0.3 is 0 Å². The first-order chi connectivity index (χ1) is 14.7. The van der Waals surface area contributed by atoms with Crippen LogP contribution >= 0.6 is 0 Å². The van der Waals surface area contributed by atoms with Crippen molar-refractivity contribution in [2.75, 3.05) is 38.2 Å². The molecule has 0 aromatic carbocycles. The van der Waals surface area contributed by atoms with Gasteiger partial charge in [0, 0.05) is 50.8 Å². The van der Waals surface area contributed by atoms with Crippen LogP contribution < -0.4 is 10.2 Å². The number of aliphatic hydroxyl groups is 1. The predicted octanol–water partition coefficient (Wildman–Crippen LogP) is 1.40. The molecule has 8 heteroatoms. The normalized spacial score (nSPS) is 21.9. The molecule has 0 amide bonds. The van der Waals surface area contributed by atoms with Gasteiger partial charge in [-0.3, -0.25) is 14.3 Å². The van der Waals surface area contributed by atoms with E-state index in [-0.39, 0.29) is 12.6 Å². The maximum absolute atomic E-state index is 9.53. The Morgan fingerprint density at radius 2 is 2.20 bits per heavy atom. The number of rotatable bonds is 5. The van der Waals surface area contributed by atoms with Gasteiger partial charge in [-0.15, -0.1) is 0 Å². The van der Waals surface area contributed by atoms with Crippen LogP contribution in [0.2, 0.25) is 0 Å². The molecule has 1 aliphatic carbocycles. The molecule has 1 fully saturated rings. The lowest BCUT2D eigenvalue weighted by molar-refractivity contribution is 0.206. The zero-order valence-corrected chi connectivity index (χ0v) is 17.4. The number of imidazole rings is 1. The van der Waals surface area contributed by atoms with Crippen molar-refractivity contribution in [3.63, 3.8) is 0 Å². The summed E-state index contributed by atoms with van der Waals surface area (Å²) in [7, 11) is 2.17. The van der Waals surface area contributed by atoms with Gasteiger partial charge in [0.1, 0.15) is 5.65 Å². The number of fused-ring (bicyclic) bond motifs is 2. The topological polar surface area (TPSA) is 81.8 Å². The quantitative estimate of drug-likeness (QED) is 0.662. The Morgan fingerprint density at radius 3 is 3.10 bits per heavy atom. The van der Waals surface area contributed by atoms with Crippen molar-refractivity contribution in [1.29, 1.82) is 0 Å². The summed E-state index contributed by atoms with van der Waals surface area (Å²) in [5, 5.41) is 12.9. The van der Waals surface area contributed by atoms with Crippen molar-refractivity contribution in [3.05, 3.63) is 53.7 Å². The Kier molecular flexibility index (Phi) is 5.37. The highest BCUT2D eigenvalue weighted by Gasteiger charge is 2.26. The molecule has 1 saturated heterocycles. The van der Waals surface area contributed by atoms with Crippen molar-refractivity contribution in [1.82, 2.24) is 29.6 Å². The largest absolute Gasteiger partial charge is 0.395 e. The number of nitrogens with one attached hydrogen (secondary N) is 1. The van der Waals surface area contributed by atoms with Crippen LogP contribution in [0.25, 0.3) is 5.65 Å². The molecule has 2 atom stereocenters. The van der Waals surface area contributed by atoms with Crippen LogP contribution in [0.1, 0.15) is 35.8 Å². The van der Waals surface area contributed by atoms with E-state index >= 15 is 0 Å². The molecule has 3 aromatic heterocycles. The van der Waals surface area contributed by atoms with Crippen LogP contribution in [0.5, 0.6) is 0 Å². The van der Waals surface area contributed by atoms with Crippen molar-refractivity contribution >= 4 is 11.6 Å². The van der Waals surface area contributed by atoms with Gasteiger partial charge in [0.25, 0.3) is 0 Å². The first-order valence-corrected chi connectivity index (χ1v) is 10.8. The molecular formula is C22H29N7O. The summed E-state index contributed by atoms with van der Waals surface area (Å²) in [5.41, 5.74) is 4.53. The minimum absolute atomic E-state index is 0.0730. The molecule has 8 nitrogen and oxygen atoms in total. The minimum atomic E-state index is 0.0730. The van der Waals surface area contributed by atoms with Crippen molar-refractivity contribution in [2.24, 2.45) is 0 Å². The number of pyridine rings is 1. The molecule has 1 aliphatic heterocycles. The smallest absolute Gasteiger partial charge is 0.211 e. The van der Waals surface area contributed by atoms with Gasteiger partial charge in [-0.2, -0.15) is 0 Å². The Balaban J connectivity index is 1.39. The van der Waals surface area contributed by atoms with E-state index in [0.717, 1.165) is 56.3 Å². The van der Waals surface area contributed by atoms with Gasteiger partial charge in [-0.25, -0.2) is 9.97 Å². The molecule has 3 aromatic rings. The number of nitrogens with zero attached hydrogens (tertiary/aromatic N) is 6. The monoisotopic (exact) mass is 407 g/mol. The summed E-state index contributed by atoms with van der Waals surface area (Å²) in [6.45, 7) is 3.33. The van der Waals surface area contributed by atoms with Gasteiger partial charge in [0.05, 0.1) is 24.0 Å². The molecule has 0 radical (unpaired) electrons. The molecule has 0 spiro atoms. The molecule has 158 valence electrons. The van der Waals surface area contributed by atoms with E-state index < -0.39 is 0 Å². The summed E-state index contributed by atoms with van der Waals surface area (Å²) < 4.78 is 2.08.